The highest BCUT2D eigenvalue weighted by atomic mass is 19.3. The van der Waals surface area contributed by atoms with Gasteiger partial charge in [0.2, 0.25) is 0 Å². The Bertz CT molecular complexity index is 914. The Balaban J connectivity index is 1.83. The van der Waals surface area contributed by atoms with Crippen molar-refractivity contribution in [3.05, 3.63) is 29.8 Å². The van der Waals surface area contributed by atoms with Gasteiger partial charge in [-0.25, -0.2) is 32.9 Å². The summed E-state index contributed by atoms with van der Waals surface area (Å²) in [5, 5.41) is 5.47. The van der Waals surface area contributed by atoms with Crippen LogP contribution in [0.4, 0.5) is 29.6 Å². The standard InChI is InChI=1S/C17H17F3N6O2/c1-17(19,20)14-12-13(22-8-23-15(12)25-16(27)28-14)10-6-9(18)7-11(24-10)26-4-2-21-3-5-26/h6-8,14,21H,2-5H2,1H3,(H,22,23,25,27)/t14-/m1/s1. The molecule has 2 aliphatic heterocycles. The molecule has 2 aromatic rings. The number of cyclic esters (lactones) is 1. The molecular formula is C17H17F3N6O2. The highest BCUT2D eigenvalue weighted by molar-refractivity contribution is 5.88. The molecule has 0 saturated carbocycles. The first-order valence-corrected chi connectivity index (χ1v) is 8.67. The molecule has 0 bridgehead atoms. The Hall–Kier alpha value is -2.95. The summed E-state index contributed by atoms with van der Waals surface area (Å²) in [5.41, 5.74) is -0.104. The number of halogens is 3. The molecular weight excluding hydrogens is 377 g/mol. The Morgan fingerprint density at radius 3 is 2.71 bits per heavy atom. The van der Waals surface area contributed by atoms with Crippen molar-refractivity contribution in [3.8, 4) is 11.4 Å². The van der Waals surface area contributed by atoms with Gasteiger partial charge in [-0.15, -0.1) is 0 Å². The maximum Gasteiger partial charge on any atom is 0.413 e. The van der Waals surface area contributed by atoms with Crippen LogP contribution in [0.25, 0.3) is 11.4 Å². The number of amides is 1. The van der Waals surface area contributed by atoms with Gasteiger partial charge in [-0.05, 0) is 0 Å². The minimum Gasteiger partial charge on any atom is -0.434 e. The molecule has 0 spiro atoms. The quantitative estimate of drug-likeness (QED) is 0.826. The van der Waals surface area contributed by atoms with E-state index in [1.54, 1.807) is 0 Å². The van der Waals surface area contributed by atoms with Gasteiger partial charge in [-0.1, -0.05) is 0 Å². The number of rotatable bonds is 3. The van der Waals surface area contributed by atoms with E-state index >= 15 is 0 Å². The summed E-state index contributed by atoms with van der Waals surface area (Å²) in [6.07, 6.45) is -1.86. The Morgan fingerprint density at radius 2 is 2.00 bits per heavy atom. The zero-order valence-electron chi connectivity index (χ0n) is 14.9. The van der Waals surface area contributed by atoms with Crippen molar-refractivity contribution >= 4 is 17.7 Å². The second-order valence-corrected chi connectivity index (χ2v) is 6.62. The molecule has 0 radical (unpaired) electrons. The third-order valence-corrected chi connectivity index (χ3v) is 4.51. The van der Waals surface area contributed by atoms with Crippen LogP contribution in [0.5, 0.6) is 0 Å². The lowest BCUT2D eigenvalue weighted by Crippen LogP contribution is -2.44. The van der Waals surface area contributed by atoms with Gasteiger partial charge in [0.25, 0.3) is 5.92 Å². The second kappa shape index (κ2) is 6.89. The summed E-state index contributed by atoms with van der Waals surface area (Å²) in [4.78, 5) is 25.8. The minimum absolute atomic E-state index is 0.0209. The van der Waals surface area contributed by atoms with Gasteiger partial charge in [-0.3, -0.25) is 5.32 Å². The normalized spacial score (nSPS) is 19.6. The van der Waals surface area contributed by atoms with Crippen molar-refractivity contribution in [2.24, 2.45) is 0 Å². The van der Waals surface area contributed by atoms with E-state index in [0.717, 1.165) is 25.5 Å². The van der Waals surface area contributed by atoms with Crippen molar-refractivity contribution < 1.29 is 22.7 Å². The van der Waals surface area contributed by atoms with Gasteiger partial charge in [0.05, 0.1) is 11.3 Å². The summed E-state index contributed by atoms with van der Waals surface area (Å²) in [6, 6.07) is 2.39. The van der Waals surface area contributed by atoms with E-state index in [-0.39, 0.29) is 22.8 Å². The first-order chi connectivity index (χ1) is 13.3. The van der Waals surface area contributed by atoms with Crippen molar-refractivity contribution in [1.29, 1.82) is 0 Å². The zero-order chi connectivity index (χ0) is 19.9. The number of hydrogen-bond donors (Lipinski definition) is 2. The van der Waals surface area contributed by atoms with E-state index in [1.807, 2.05) is 4.90 Å². The number of carbonyl (C=O) groups excluding carboxylic acids is 1. The van der Waals surface area contributed by atoms with Crippen molar-refractivity contribution in [2.75, 3.05) is 36.4 Å². The maximum absolute atomic E-state index is 14.3. The minimum atomic E-state index is -3.40. The van der Waals surface area contributed by atoms with Crippen molar-refractivity contribution in [2.45, 2.75) is 19.0 Å². The number of nitrogens with zero attached hydrogens (tertiary/aromatic N) is 4. The number of anilines is 2. The maximum atomic E-state index is 14.3. The summed E-state index contributed by atoms with van der Waals surface area (Å²) in [5.74, 6) is -3.71. The molecule has 2 N–H and O–H groups in total. The zero-order valence-corrected chi connectivity index (χ0v) is 14.9. The lowest BCUT2D eigenvalue weighted by Gasteiger charge is -2.31. The van der Waals surface area contributed by atoms with Gasteiger partial charge in [0.1, 0.15) is 29.5 Å². The lowest BCUT2D eigenvalue weighted by atomic mass is 10.00. The topological polar surface area (TPSA) is 92.3 Å². The molecule has 4 rings (SSSR count). The van der Waals surface area contributed by atoms with Crippen LogP contribution in [0, 0.1) is 5.82 Å². The fraction of sp³-hybridized carbons (Fsp3) is 0.412. The molecule has 0 aromatic carbocycles. The van der Waals surface area contributed by atoms with E-state index < -0.39 is 23.9 Å². The molecule has 1 atom stereocenters. The van der Waals surface area contributed by atoms with Crippen molar-refractivity contribution in [3.63, 3.8) is 0 Å². The molecule has 148 valence electrons. The Labute approximate surface area is 158 Å². The molecule has 8 nitrogen and oxygen atoms in total. The molecule has 1 fully saturated rings. The molecule has 0 aliphatic carbocycles. The molecule has 4 heterocycles. The van der Waals surface area contributed by atoms with Gasteiger partial charge in [0, 0.05) is 45.2 Å². The number of aromatic nitrogens is 3. The molecule has 28 heavy (non-hydrogen) atoms. The van der Waals surface area contributed by atoms with Crippen LogP contribution >= 0.6 is 0 Å². The lowest BCUT2D eigenvalue weighted by molar-refractivity contribution is -0.0985. The molecule has 11 heteroatoms. The van der Waals surface area contributed by atoms with Crippen LogP contribution in [-0.4, -0.2) is 53.1 Å². The third-order valence-electron chi connectivity index (χ3n) is 4.51. The average Bonchev–Trinajstić information content (AvgIpc) is 2.66. The smallest absolute Gasteiger partial charge is 0.413 e. The van der Waals surface area contributed by atoms with Crippen LogP contribution in [0.2, 0.25) is 0 Å². The molecule has 0 unspecified atom stereocenters. The summed E-state index contributed by atoms with van der Waals surface area (Å²) >= 11 is 0. The second-order valence-electron chi connectivity index (χ2n) is 6.62. The highest BCUT2D eigenvalue weighted by Crippen LogP contribution is 2.43. The molecule has 2 aliphatic rings. The van der Waals surface area contributed by atoms with Gasteiger partial charge < -0.3 is 15.0 Å². The summed E-state index contributed by atoms with van der Waals surface area (Å²) in [7, 11) is 0. The number of alkyl halides is 2. The van der Waals surface area contributed by atoms with Crippen LogP contribution in [-0.2, 0) is 4.74 Å². The fourth-order valence-electron chi connectivity index (χ4n) is 3.26. The molecule has 1 amide bonds. The monoisotopic (exact) mass is 394 g/mol. The molecule has 2 aromatic heterocycles. The van der Waals surface area contributed by atoms with E-state index in [0.29, 0.717) is 25.8 Å². The number of piperazine rings is 1. The van der Waals surface area contributed by atoms with Crippen LogP contribution in [0.1, 0.15) is 18.6 Å². The van der Waals surface area contributed by atoms with Gasteiger partial charge in [0.15, 0.2) is 6.10 Å². The van der Waals surface area contributed by atoms with E-state index in [4.69, 9.17) is 4.74 Å². The highest BCUT2D eigenvalue weighted by Gasteiger charge is 2.45. The largest absolute Gasteiger partial charge is 0.434 e. The van der Waals surface area contributed by atoms with E-state index in [2.05, 4.69) is 25.6 Å². The third kappa shape index (κ3) is 3.44. The predicted molar refractivity (Wildman–Crippen MR) is 93.8 cm³/mol. The van der Waals surface area contributed by atoms with Gasteiger partial charge >= 0.3 is 6.09 Å². The predicted octanol–water partition coefficient (Wildman–Crippen LogP) is 2.35. The number of nitrogens with one attached hydrogen (secondary N) is 2. The summed E-state index contributed by atoms with van der Waals surface area (Å²) < 4.78 is 47.4. The molecule has 1 saturated heterocycles. The summed E-state index contributed by atoms with van der Waals surface area (Å²) in [6.45, 7) is 3.34. The van der Waals surface area contributed by atoms with Gasteiger partial charge in [-0.2, -0.15) is 0 Å². The van der Waals surface area contributed by atoms with Crippen LogP contribution in [0.15, 0.2) is 18.5 Å². The van der Waals surface area contributed by atoms with Crippen molar-refractivity contribution in [1.82, 2.24) is 20.3 Å². The van der Waals surface area contributed by atoms with Crippen LogP contribution in [0.3, 0.4) is 0 Å². The number of pyridine rings is 1. The van der Waals surface area contributed by atoms with Crippen LogP contribution < -0.4 is 15.5 Å². The number of ether oxygens (including phenoxy) is 1. The SMILES string of the molecule is CC(F)(F)[C@@H]1OC(=O)Nc2ncnc(-c3cc(F)cc(N4CCNCC4)n3)c21. The van der Waals surface area contributed by atoms with E-state index in [9.17, 15) is 18.0 Å². The first-order valence-electron chi connectivity index (χ1n) is 8.67. The first kappa shape index (κ1) is 18.4. The Morgan fingerprint density at radius 1 is 1.25 bits per heavy atom. The number of carbonyl (C=O) groups is 1. The average molecular weight is 394 g/mol. The Kier molecular flexibility index (Phi) is 4.53. The number of fused-ring (bicyclic) bond motifs is 1. The number of hydrogen-bond acceptors (Lipinski definition) is 7. The van der Waals surface area contributed by atoms with E-state index in [1.165, 1.54) is 6.07 Å². The fourth-order valence-corrected chi connectivity index (χ4v) is 3.26.